The second-order valence-electron chi connectivity index (χ2n) is 11.3. The summed E-state index contributed by atoms with van der Waals surface area (Å²) >= 11 is 0. The van der Waals surface area contributed by atoms with Crippen LogP contribution >= 0.6 is 0 Å². The predicted molar refractivity (Wildman–Crippen MR) is 116 cm³/mol. The Hall–Kier alpha value is -1.03. The largest absolute Gasteiger partial charge is 0.453 e. The maximum atomic E-state index is 12.0. The van der Waals surface area contributed by atoms with Crippen molar-refractivity contribution in [2.75, 3.05) is 27.7 Å². The number of fused-ring (bicyclic) bond motifs is 4. The van der Waals surface area contributed by atoms with Crippen LogP contribution in [0.1, 0.15) is 65.2 Å². The second kappa shape index (κ2) is 6.73. The van der Waals surface area contributed by atoms with Crippen LogP contribution < -0.4 is 0 Å². The van der Waals surface area contributed by atoms with E-state index < -0.39 is 0 Å². The van der Waals surface area contributed by atoms with Gasteiger partial charge in [0.2, 0.25) is 0 Å². The number of carbonyl (C=O) groups is 1. The monoisotopic (exact) mass is 400 g/mol. The van der Waals surface area contributed by atoms with Crippen molar-refractivity contribution in [2.24, 2.45) is 34.5 Å². The molecule has 4 nitrogen and oxygen atoms in total. The number of rotatable bonds is 1. The molecule has 0 aromatic carbocycles. The highest BCUT2D eigenvalue weighted by molar-refractivity contribution is 5.67. The van der Waals surface area contributed by atoms with E-state index in [0.29, 0.717) is 16.9 Å². The van der Waals surface area contributed by atoms with Gasteiger partial charge in [0.05, 0.1) is 7.11 Å². The average Bonchev–Trinajstić information content (AvgIpc) is 3.20. The van der Waals surface area contributed by atoms with Crippen LogP contribution in [0, 0.1) is 34.5 Å². The van der Waals surface area contributed by atoms with Crippen molar-refractivity contribution in [3.63, 3.8) is 0 Å². The molecule has 5 aliphatic rings. The Morgan fingerprint density at radius 3 is 2.69 bits per heavy atom. The molecule has 3 saturated carbocycles. The van der Waals surface area contributed by atoms with Crippen LogP contribution in [-0.4, -0.2) is 55.7 Å². The average molecular weight is 401 g/mol. The fraction of sp³-hybridized carbons (Fsp3) is 0.880. The number of hydrogen-bond donors (Lipinski definition) is 0. The van der Waals surface area contributed by atoms with Gasteiger partial charge >= 0.3 is 6.09 Å². The quantitative estimate of drug-likeness (QED) is 0.584. The van der Waals surface area contributed by atoms with Gasteiger partial charge in [0.25, 0.3) is 0 Å². The van der Waals surface area contributed by atoms with E-state index in [9.17, 15) is 4.79 Å². The van der Waals surface area contributed by atoms with Gasteiger partial charge in [0, 0.05) is 25.7 Å². The number of hydrogen-bond acceptors (Lipinski definition) is 3. The van der Waals surface area contributed by atoms with E-state index in [1.807, 2.05) is 11.9 Å². The van der Waals surface area contributed by atoms with E-state index in [0.717, 1.165) is 42.6 Å². The maximum Gasteiger partial charge on any atom is 0.409 e. The summed E-state index contributed by atoms with van der Waals surface area (Å²) in [7, 11) is 5.76. The summed E-state index contributed by atoms with van der Waals surface area (Å²) in [6.07, 6.45) is 12.9. The third-order valence-electron chi connectivity index (χ3n) is 10.7. The number of ether oxygens (including phenoxy) is 1. The summed E-state index contributed by atoms with van der Waals surface area (Å²) in [6.45, 7) is 6.39. The lowest BCUT2D eigenvalue weighted by Gasteiger charge is -2.58. The Bertz CT molecular complexity index is 720. The molecule has 4 heteroatoms. The van der Waals surface area contributed by atoms with Crippen LogP contribution in [-0.2, 0) is 4.74 Å². The van der Waals surface area contributed by atoms with Gasteiger partial charge in [-0.3, -0.25) is 0 Å². The van der Waals surface area contributed by atoms with Crippen LogP contribution in [0.25, 0.3) is 0 Å². The van der Waals surface area contributed by atoms with Gasteiger partial charge in [-0.1, -0.05) is 18.6 Å². The molecule has 0 aromatic rings. The molecule has 4 fully saturated rings. The number of allylic oxidation sites excluding steroid dienone is 1. The first kappa shape index (κ1) is 19.9. The highest BCUT2D eigenvalue weighted by atomic mass is 16.5. The van der Waals surface area contributed by atoms with E-state index >= 15 is 0 Å². The number of nitrogens with zero attached hydrogens (tertiary/aromatic N) is 2. The minimum absolute atomic E-state index is 0.191. The summed E-state index contributed by atoms with van der Waals surface area (Å²) in [5, 5.41) is 0. The highest BCUT2D eigenvalue weighted by Crippen LogP contribution is 2.68. The third-order valence-corrected chi connectivity index (χ3v) is 10.7. The zero-order valence-corrected chi connectivity index (χ0v) is 19.1. The summed E-state index contributed by atoms with van der Waals surface area (Å²) in [4.78, 5) is 16.5. The number of methoxy groups -OCH3 is 1. The first-order chi connectivity index (χ1) is 13.8. The summed E-state index contributed by atoms with van der Waals surface area (Å²) in [5.74, 6) is 3.60. The van der Waals surface area contributed by atoms with E-state index in [2.05, 4.69) is 31.9 Å². The van der Waals surface area contributed by atoms with Crippen LogP contribution in [0.2, 0.25) is 0 Å². The van der Waals surface area contributed by atoms with Gasteiger partial charge in [-0.2, -0.15) is 0 Å². The lowest BCUT2D eigenvalue weighted by Crippen LogP contribution is -2.53. The second-order valence-corrected chi connectivity index (χ2v) is 11.3. The van der Waals surface area contributed by atoms with Crippen molar-refractivity contribution in [3.8, 4) is 0 Å². The molecule has 8 atom stereocenters. The van der Waals surface area contributed by atoms with Crippen molar-refractivity contribution in [1.29, 1.82) is 0 Å². The zero-order valence-electron chi connectivity index (χ0n) is 19.1. The predicted octanol–water partition coefficient (Wildman–Crippen LogP) is 4.95. The van der Waals surface area contributed by atoms with Crippen LogP contribution in [0.3, 0.4) is 0 Å². The minimum atomic E-state index is -0.191. The Labute approximate surface area is 177 Å². The molecule has 0 unspecified atom stereocenters. The van der Waals surface area contributed by atoms with Crippen LogP contribution in [0.4, 0.5) is 4.79 Å². The minimum Gasteiger partial charge on any atom is -0.453 e. The van der Waals surface area contributed by atoms with Gasteiger partial charge in [-0.15, -0.1) is 0 Å². The first-order valence-corrected chi connectivity index (χ1v) is 12.0. The van der Waals surface area contributed by atoms with Gasteiger partial charge < -0.3 is 14.5 Å². The molecule has 1 amide bonds. The van der Waals surface area contributed by atoms with Gasteiger partial charge in [-0.25, -0.2) is 4.79 Å². The summed E-state index contributed by atoms with van der Waals surface area (Å²) < 4.78 is 4.98. The summed E-state index contributed by atoms with van der Waals surface area (Å²) in [6, 6.07) is 1.07. The Morgan fingerprint density at radius 2 is 1.93 bits per heavy atom. The van der Waals surface area contributed by atoms with E-state index in [1.54, 1.807) is 5.57 Å². The lowest BCUT2D eigenvalue weighted by atomic mass is 9.47. The molecule has 0 radical (unpaired) electrons. The lowest BCUT2D eigenvalue weighted by molar-refractivity contribution is -0.0433. The van der Waals surface area contributed by atoms with Crippen molar-refractivity contribution in [2.45, 2.75) is 77.3 Å². The highest BCUT2D eigenvalue weighted by Gasteiger charge is 2.64. The molecule has 1 aliphatic heterocycles. The molecule has 1 saturated heterocycles. The van der Waals surface area contributed by atoms with Crippen molar-refractivity contribution in [1.82, 2.24) is 9.80 Å². The Morgan fingerprint density at radius 1 is 1.17 bits per heavy atom. The topological polar surface area (TPSA) is 32.8 Å². The van der Waals surface area contributed by atoms with Crippen LogP contribution in [0.5, 0.6) is 0 Å². The molecule has 5 rings (SSSR count). The molecular formula is C25H40N2O2. The van der Waals surface area contributed by atoms with Crippen LogP contribution in [0.15, 0.2) is 11.6 Å². The fourth-order valence-corrected chi connectivity index (χ4v) is 9.07. The number of likely N-dealkylation sites (tertiary alicyclic amines) is 1. The smallest absolute Gasteiger partial charge is 0.409 e. The number of carbonyl (C=O) groups excluding carboxylic acids is 1. The van der Waals surface area contributed by atoms with E-state index in [-0.39, 0.29) is 6.09 Å². The first-order valence-electron chi connectivity index (χ1n) is 12.0. The molecule has 1 heterocycles. The van der Waals surface area contributed by atoms with Gasteiger partial charge in [0.1, 0.15) is 0 Å². The van der Waals surface area contributed by atoms with Gasteiger partial charge in [0.15, 0.2) is 0 Å². The molecule has 0 bridgehead atoms. The molecular weight excluding hydrogens is 360 g/mol. The van der Waals surface area contributed by atoms with Crippen molar-refractivity contribution < 1.29 is 9.53 Å². The summed E-state index contributed by atoms with van der Waals surface area (Å²) in [5.41, 5.74) is 2.61. The normalized spacial score (nSPS) is 48.8. The maximum absolute atomic E-state index is 12.0. The fourth-order valence-electron chi connectivity index (χ4n) is 9.07. The molecule has 29 heavy (non-hydrogen) atoms. The molecule has 4 aliphatic carbocycles. The van der Waals surface area contributed by atoms with E-state index in [4.69, 9.17) is 4.74 Å². The van der Waals surface area contributed by atoms with E-state index in [1.165, 1.54) is 52.2 Å². The molecule has 0 aromatic heterocycles. The molecule has 162 valence electrons. The van der Waals surface area contributed by atoms with Gasteiger partial charge in [-0.05, 0) is 99.8 Å². The Balaban J connectivity index is 1.40. The zero-order chi connectivity index (χ0) is 20.6. The molecule has 1 spiro atoms. The SMILES string of the molecule is COC(=O)N(C)[C@H]1CC[C@@]2(C)C(=CC[C@H]3[C@@H]4CC[C@@H]5[C@H](C)N(C)C[C@@]54CC[C@@H]32)C1. The number of amides is 1. The third kappa shape index (κ3) is 2.63. The Kier molecular flexibility index (Phi) is 4.62. The van der Waals surface area contributed by atoms with Crippen molar-refractivity contribution >= 4 is 6.09 Å². The van der Waals surface area contributed by atoms with Crippen molar-refractivity contribution in [3.05, 3.63) is 11.6 Å². The molecule has 0 N–H and O–H groups in total. The standard InChI is InChI=1S/C25H40N2O2/c1-16-20-8-9-22-19-7-6-17-14-18(27(4)23(28)29-5)10-12-24(17,2)21(19)11-13-25(20,22)15-26(16)3/h6,16,18-22H,7-15H2,1-5H3/t16-,18-,19+,20+,21-,22-,24-,25-/m0/s1.